The minimum Gasteiger partial charge on any atom is -0.384 e. The number of unbranched alkanes of at least 4 members (excludes halogenated alkanes) is 1. The molecule has 1 aromatic rings. The van der Waals surface area contributed by atoms with Gasteiger partial charge in [-0.25, -0.2) is 0 Å². The van der Waals surface area contributed by atoms with Crippen LogP contribution in [0.5, 0.6) is 0 Å². The van der Waals surface area contributed by atoms with Gasteiger partial charge in [0.2, 0.25) is 0 Å². The highest BCUT2D eigenvalue weighted by atomic mass is 15.2. The summed E-state index contributed by atoms with van der Waals surface area (Å²) in [7, 11) is 0. The number of benzene rings is 1. The molecule has 0 amide bonds. The first-order valence-corrected chi connectivity index (χ1v) is 7.72. The van der Waals surface area contributed by atoms with Gasteiger partial charge in [0.15, 0.2) is 0 Å². The van der Waals surface area contributed by atoms with Gasteiger partial charge in [0.25, 0.3) is 0 Å². The van der Waals surface area contributed by atoms with E-state index in [2.05, 4.69) is 62.2 Å². The van der Waals surface area contributed by atoms with Gasteiger partial charge < -0.3 is 5.32 Å². The van der Waals surface area contributed by atoms with Crippen LogP contribution in [0.25, 0.3) is 0 Å². The van der Waals surface area contributed by atoms with E-state index in [1.165, 1.54) is 37.1 Å². The molecule has 0 aromatic heterocycles. The van der Waals surface area contributed by atoms with Crippen molar-refractivity contribution in [1.29, 1.82) is 0 Å². The molecule has 0 aliphatic rings. The normalized spacial score (nSPS) is 12.7. The number of nitrogens with zero attached hydrogens (tertiary/aromatic N) is 1. The molecule has 0 heterocycles. The van der Waals surface area contributed by atoms with Crippen LogP contribution in [0.15, 0.2) is 24.3 Å². The first-order chi connectivity index (χ1) is 9.17. The van der Waals surface area contributed by atoms with Gasteiger partial charge >= 0.3 is 0 Å². The van der Waals surface area contributed by atoms with Gasteiger partial charge in [0, 0.05) is 24.8 Å². The Morgan fingerprint density at radius 2 is 2.00 bits per heavy atom. The Balaban J connectivity index is 2.38. The van der Waals surface area contributed by atoms with E-state index in [0.29, 0.717) is 6.04 Å². The second kappa shape index (κ2) is 8.98. The largest absolute Gasteiger partial charge is 0.384 e. The van der Waals surface area contributed by atoms with Gasteiger partial charge in [-0.05, 0) is 50.9 Å². The zero-order valence-electron chi connectivity index (χ0n) is 13.1. The molecule has 108 valence electrons. The SMILES string of the molecule is CCCCN(CCNc1cccc(C)c1)C(C)CC. The summed E-state index contributed by atoms with van der Waals surface area (Å²) in [6, 6.07) is 9.29. The van der Waals surface area contributed by atoms with Crippen molar-refractivity contribution in [2.75, 3.05) is 25.0 Å². The van der Waals surface area contributed by atoms with Gasteiger partial charge in [-0.3, -0.25) is 4.90 Å². The quantitative estimate of drug-likeness (QED) is 0.713. The summed E-state index contributed by atoms with van der Waals surface area (Å²) >= 11 is 0. The third kappa shape index (κ3) is 6.11. The topological polar surface area (TPSA) is 15.3 Å². The molecule has 1 unspecified atom stereocenters. The minimum absolute atomic E-state index is 0.686. The Morgan fingerprint density at radius 1 is 1.21 bits per heavy atom. The maximum absolute atomic E-state index is 3.53. The van der Waals surface area contributed by atoms with Crippen LogP contribution in [0.3, 0.4) is 0 Å². The number of hydrogen-bond acceptors (Lipinski definition) is 2. The predicted molar refractivity (Wildman–Crippen MR) is 85.9 cm³/mol. The van der Waals surface area contributed by atoms with Crippen molar-refractivity contribution in [3.05, 3.63) is 29.8 Å². The lowest BCUT2D eigenvalue weighted by molar-refractivity contribution is 0.208. The van der Waals surface area contributed by atoms with E-state index in [9.17, 15) is 0 Å². The number of hydrogen-bond donors (Lipinski definition) is 1. The fourth-order valence-electron chi connectivity index (χ4n) is 2.27. The van der Waals surface area contributed by atoms with Gasteiger partial charge in [0.1, 0.15) is 0 Å². The molecule has 1 atom stereocenters. The van der Waals surface area contributed by atoms with Gasteiger partial charge in [-0.1, -0.05) is 32.4 Å². The standard InChI is InChI=1S/C17H30N2/c1-5-7-12-19(16(4)6-2)13-11-18-17-10-8-9-15(3)14-17/h8-10,14,16,18H,5-7,11-13H2,1-4H3. The predicted octanol–water partition coefficient (Wildman–Crippen LogP) is 4.31. The fraction of sp³-hybridized carbons (Fsp3) is 0.647. The molecule has 0 fully saturated rings. The molecule has 0 aliphatic carbocycles. The molecule has 0 radical (unpaired) electrons. The van der Waals surface area contributed by atoms with Crippen molar-refractivity contribution in [1.82, 2.24) is 4.90 Å². The van der Waals surface area contributed by atoms with Crippen LogP contribution >= 0.6 is 0 Å². The smallest absolute Gasteiger partial charge is 0.0343 e. The number of aryl methyl sites for hydroxylation is 1. The lowest BCUT2D eigenvalue weighted by atomic mass is 10.2. The lowest BCUT2D eigenvalue weighted by Crippen LogP contribution is -2.37. The molecule has 1 rings (SSSR count). The fourth-order valence-corrected chi connectivity index (χ4v) is 2.27. The molecular formula is C17H30N2. The molecule has 0 aliphatic heterocycles. The Morgan fingerprint density at radius 3 is 2.63 bits per heavy atom. The van der Waals surface area contributed by atoms with Crippen LogP contribution in [0.1, 0.15) is 45.6 Å². The molecule has 1 aromatic carbocycles. The van der Waals surface area contributed by atoms with Crippen LogP contribution in [-0.2, 0) is 0 Å². The van der Waals surface area contributed by atoms with Gasteiger partial charge in [-0.2, -0.15) is 0 Å². The average Bonchev–Trinajstić information content (AvgIpc) is 2.42. The molecule has 0 saturated heterocycles. The van der Waals surface area contributed by atoms with E-state index < -0.39 is 0 Å². The molecule has 0 saturated carbocycles. The Labute approximate surface area is 119 Å². The molecular weight excluding hydrogens is 232 g/mol. The van der Waals surface area contributed by atoms with Crippen molar-refractivity contribution < 1.29 is 0 Å². The Kier molecular flexibility index (Phi) is 7.57. The highest BCUT2D eigenvalue weighted by Crippen LogP contribution is 2.10. The summed E-state index contributed by atoms with van der Waals surface area (Å²) in [5.74, 6) is 0. The highest BCUT2D eigenvalue weighted by molar-refractivity contribution is 5.45. The third-order valence-corrected chi connectivity index (χ3v) is 3.76. The van der Waals surface area contributed by atoms with Crippen LogP contribution in [0.4, 0.5) is 5.69 Å². The second-order valence-corrected chi connectivity index (χ2v) is 5.44. The monoisotopic (exact) mass is 262 g/mol. The number of anilines is 1. The molecule has 0 spiro atoms. The third-order valence-electron chi connectivity index (χ3n) is 3.76. The Hall–Kier alpha value is -1.02. The molecule has 2 nitrogen and oxygen atoms in total. The second-order valence-electron chi connectivity index (χ2n) is 5.44. The summed E-state index contributed by atoms with van der Waals surface area (Å²) in [5, 5.41) is 3.53. The van der Waals surface area contributed by atoms with Crippen LogP contribution < -0.4 is 5.32 Å². The van der Waals surface area contributed by atoms with E-state index in [0.717, 1.165) is 13.1 Å². The van der Waals surface area contributed by atoms with Crippen LogP contribution in [0, 0.1) is 6.92 Å². The summed E-state index contributed by atoms with van der Waals surface area (Å²) in [6.45, 7) is 12.4. The van der Waals surface area contributed by atoms with E-state index >= 15 is 0 Å². The van der Waals surface area contributed by atoms with Gasteiger partial charge in [-0.15, -0.1) is 0 Å². The zero-order valence-corrected chi connectivity index (χ0v) is 13.1. The Bertz CT molecular complexity index is 349. The van der Waals surface area contributed by atoms with E-state index in [4.69, 9.17) is 0 Å². The highest BCUT2D eigenvalue weighted by Gasteiger charge is 2.10. The average molecular weight is 262 g/mol. The first kappa shape index (κ1) is 16.0. The van der Waals surface area contributed by atoms with Crippen molar-refractivity contribution in [3.63, 3.8) is 0 Å². The summed E-state index contributed by atoms with van der Waals surface area (Å²) < 4.78 is 0. The maximum Gasteiger partial charge on any atom is 0.0343 e. The minimum atomic E-state index is 0.686. The lowest BCUT2D eigenvalue weighted by Gasteiger charge is -2.28. The molecule has 0 bridgehead atoms. The summed E-state index contributed by atoms with van der Waals surface area (Å²) in [6.07, 6.45) is 3.81. The van der Waals surface area contributed by atoms with Gasteiger partial charge in [0.05, 0.1) is 0 Å². The molecule has 2 heteroatoms. The van der Waals surface area contributed by atoms with E-state index in [1.807, 2.05) is 0 Å². The molecule has 1 N–H and O–H groups in total. The van der Waals surface area contributed by atoms with E-state index in [1.54, 1.807) is 0 Å². The summed E-state index contributed by atoms with van der Waals surface area (Å²) in [4.78, 5) is 2.60. The first-order valence-electron chi connectivity index (χ1n) is 7.72. The number of nitrogens with one attached hydrogen (secondary N) is 1. The van der Waals surface area contributed by atoms with Crippen molar-refractivity contribution in [2.45, 2.75) is 53.0 Å². The van der Waals surface area contributed by atoms with Crippen LogP contribution in [0.2, 0.25) is 0 Å². The molecule has 19 heavy (non-hydrogen) atoms. The zero-order chi connectivity index (χ0) is 14.1. The van der Waals surface area contributed by atoms with Crippen molar-refractivity contribution in [2.24, 2.45) is 0 Å². The maximum atomic E-state index is 3.53. The summed E-state index contributed by atoms with van der Waals surface area (Å²) in [5.41, 5.74) is 2.55. The van der Waals surface area contributed by atoms with E-state index in [-0.39, 0.29) is 0 Å². The number of rotatable bonds is 9. The van der Waals surface area contributed by atoms with Crippen LogP contribution in [-0.4, -0.2) is 30.6 Å². The van der Waals surface area contributed by atoms with Crippen molar-refractivity contribution >= 4 is 5.69 Å². The van der Waals surface area contributed by atoms with Crippen molar-refractivity contribution in [3.8, 4) is 0 Å².